The van der Waals surface area contributed by atoms with E-state index in [1.165, 1.54) is 4.90 Å². The van der Waals surface area contributed by atoms with Gasteiger partial charge in [0.15, 0.2) is 0 Å². The standard InChI is InChI=1S/C11H13BrN4O2S/c12-7-3-6(11(15)19)1-2-8(7)16(4-9(13)17)5-10(14)18/h1-3H,4-5H2,(H2,13,17)(H2,14,18)(H2,15,19). The SMILES string of the molecule is NC(=O)CN(CC(N)=O)c1ccc(C(N)=S)cc1Br. The van der Waals surface area contributed by atoms with Gasteiger partial charge in [-0.3, -0.25) is 9.59 Å². The Morgan fingerprint density at radius 3 is 2.05 bits per heavy atom. The lowest BCUT2D eigenvalue weighted by Crippen LogP contribution is -2.39. The molecule has 102 valence electrons. The fourth-order valence-electron chi connectivity index (χ4n) is 1.52. The predicted octanol–water partition coefficient (Wildman–Crippen LogP) is -0.140. The summed E-state index contributed by atoms with van der Waals surface area (Å²) in [5.41, 5.74) is 17.1. The summed E-state index contributed by atoms with van der Waals surface area (Å²) >= 11 is 8.20. The first kappa shape index (κ1) is 15.4. The van der Waals surface area contributed by atoms with Crippen molar-refractivity contribution >= 4 is 50.6 Å². The molecule has 0 heterocycles. The molecule has 0 unspecified atom stereocenters. The number of carbonyl (C=O) groups is 2. The maximum Gasteiger partial charge on any atom is 0.236 e. The van der Waals surface area contributed by atoms with E-state index in [9.17, 15) is 9.59 Å². The Balaban J connectivity index is 3.11. The molecule has 1 rings (SSSR count). The second-order valence-corrected chi connectivity index (χ2v) is 5.11. The Morgan fingerprint density at radius 2 is 1.68 bits per heavy atom. The molecule has 19 heavy (non-hydrogen) atoms. The fraction of sp³-hybridized carbons (Fsp3) is 0.182. The van der Waals surface area contributed by atoms with Crippen molar-refractivity contribution in [3.05, 3.63) is 28.2 Å². The number of anilines is 1. The number of amides is 2. The molecule has 0 saturated heterocycles. The topological polar surface area (TPSA) is 115 Å². The number of nitrogens with zero attached hydrogens (tertiary/aromatic N) is 1. The van der Waals surface area contributed by atoms with E-state index < -0.39 is 11.8 Å². The third-order valence-corrected chi connectivity index (χ3v) is 3.14. The molecule has 8 heteroatoms. The van der Waals surface area contributed by atoms with Gasteiger partial charge in [-0.25, -0.2) is 0 Å². The van der Waals surface area contributed by atoms with Crippen LogP contribution in [0.1, 0.15) is 5.56 Å². The maximum absolute atomic E-state index is 11.0. The first-order valence-corrected chi connectivity index (χ1v) is 6.42. The lowest BCUT2D eigenvalue weighted by molar-refractivity contribution is -0.117. The van der Waals surface area contributed by atoms with Gasteiger partial charge < -0.3 is 22.1 Å². The molecular weight excluding hydrogens is 332 g/mol. The van der Waals surface area contributed by atoms with Crippen LogP contribution in [0.2, 0.25) is 0 Å². The number of rotatable bonds is 6. The Kier molecular flexibility index (Phi) is 5.25. The number of thiocarbonyl (C=S) groups is 1. The second-order valence-electron chi connectivity index (χ2n) is 3.82. The highest BCUT2D eigenvalue weighted by Crippen LogP contribution is 2.27. The van der Waals surface area contributed by atoms with E-state index >= 15 is 0 Å². The van der Waals surface area contributed by atoms with Gasteiger partial charge in [-0.2, -0.15) is 0 Å². The minimum absolute atomic E-state index is 0.117. The van der Waals surface area contributed by atoms with E-state index in [-0.39, 0.29) is 18.1 Å². The van der Waals surface area contributed by atoms with Crippen molar-refractivity contribution in [2.24, 2.45) is 17.2 Å². The fourth-order valence-corrected chi connectivity index (χ4v) is 2.28. The summed E-state index contributed by atoms with van der Waals surface area (Å²) in [5.74, 6) is -1.13. The van der Waals surface area contributed by atoms with Crippen LogP contribution < -0.4 is 22.1 Å². The van der Waals surface area contributed by atoms with Gasteiger partial charge in [-0.15, -0.1) is 0 Å². The summed E-state index contributed by atoms with van der Waals surface area (Å²) in [7, 11) is 0. The van der Waals surface area contributed by atoms with Crippen LogP contribution in [0, 0.1) is 0 Å². The van der Waals surface area contributed by atoms with E-state index in [0.29, 0.717) is 15.7 Å². The number of halogens is 1. The molecule has 1 aromatic rings. The lowest BCUT2D eigenvalue weighted by Gasteiger charge is -2.23. The van der Waals surface area contributed by atoms with E-state index in [4.69, 9.17) is 29.4 Å². The van der Waals surface area contributed by atoms with Gasteiger partial charge >= 0.3 is 0 Å². The molecule has 6 nitrogen and oxygen atoms in total. The van der Waals surface area contributed by atoms with E-state index in [2.05, 4.69) is 15.9 Å². The Hall–Kier alpha value is -1.67. The highest BCUT2D eigenvalue weighted by molar-refractivity contribution is 9.10. The molecule has 0 bridgehead atoms. The molecule has 2 amide bonds. The highest BCUT2D eigenvalue weighted by atomic mass is 79.9. The van der Waals surface area contributed by atoms with Crippen molar-refractivity contribution in [2.45, 2.75) is 0 Å². The second kappa shape index (κ2) is 6.48. The zero-order chi connectivity index (χ0) is 14.6. The molecule has 0 aliphatic rings. The zero-order valence-electron chi connectivity index (χ0n) is 9.93. The van der Waals surface area contributed by atoms with Crippen LogP contribution in [0.15, 0.2) is 22.7 Å². The van der Waals surface area contributed by atoms with Crippen LogP contribution in [-0.2, 0) is 9.59 Å². The van der Waals surface area contributed by atoms with E-state index in [0.717, 1.165) is 0 Å². The molecule has 0 fully saturated rings. The Labute approximate surface area is 124 Å². The average Bonchev–Trinajstić information content (AvgIpc) is 2.26. The van der Waals surface area contributed by atoms with Crippen LogP contribution in [0.25, 0.3) is 0 Å². The largest absolute Gasteiger partial charge is 0.389 e. The van der Waals surface area contributed by atoms with Gasteiger partial charge in [0.1, 0.15) is 4.99 Å². The molecule has 6 N–H and O–H groups in total. The summed E-state index contributed by atoms with van der Waals surface area (Å²) < 4.78 is 0.639. The van der Waals surface area contributed by atoms with Crippen molar-refractivity contribution in [1.29, 1.82) is 0 Å². The minimum atomic E-state index is -0.563. The van der Waals surface area contributed by atoms with Crippen molar-refractivity contribution in [2.75, 3.05) is 18.0 Å². The van der Waals surface area contributed by atoms with Crippen LogP contribution >= 0.6 is 28.1 Å². The number of nitrogens with two attached hydrogens (primary N) is 3. The molecule has 0 aliphatic heterocycles. The number of benzene rings is 1. The highest BCUT2D eigenvalue weighted by Gasteiger charge is 2.15. The van der Waals surface area contributed by atoms with Crippen LogP contribution in [0.4, 0.5) is 5.69 Å². The number of carbonyl (C=O) groups excluding carboxylic acids is 2. The van der Waals surface area contributed by atoms with Gasteiger partial charge in [0.05, 0.1) is 18.8 Å². The van der Waals surface area contributed by atoms with Gasteiger partial charge in [0.25, 0.3) is 0 Å². The minimum Gasteiger partial charge on any atom is -0.389 e. The van der Waals surface area contributed by atoms with Crippen molar-refractivity contribution < 1.29 is 9.59 Å². The third-order valence-electron chi connectivity index (χ3n) is 2.27. The zero-order valence-corrected chi connectivity index (χ0v) is 12.3. The van der Waals surface area contributed by atoms with Gasteiger partial charge in [0, 0.05) is 10.0 Å². The molecule has 0 aromatic heterocycles. The van der Waals surface area contributed by atoms with E-state index in [1.54, 1.807) is 18.2 Å². The average molecular weight is 345 g/mol. The number of hydrogen-bond acceptors (Lipinski definition) is 4. The Morgan fingerprint density at radius 1 is 1.16 bits per heavy atom. The molecule has 0 aliphatic carbocycles. The monoisotopic (exact) mass is 344 g/mol. The number of hydrogen-bond donors (Lipinski definition) is 3. The summed E-state index contributed by atoms with van der Waals surface area (Å²) in [6, 6.07) is 5.08. The van der Waals surface area contributed by atoms with Gasteiger partial charge in [-0.05, 0) is 34.1 Å². The van der Waals surface area contributed by atoms with E-state index in [1.807, 2.05) is 0 Å². The van der Waals surface area contributed by atoms with Crippen LogP contribution in [0.3, 0.4) is 0 Å². The lowest BCUT2D eigenvalue weighted by atomic mass is 10.2. The summed E-state index contributed by atoms with van der Waals surface area (Å²) in [6.45, 7) is -0.234. The van der Waals surface area contributed by atoms with Crippen LogP contribution in [-0.4, -0.2) is 29.9 Å². The summed E-state index contributed by atoms with van der Waals surface area (Å²) in [4.78, 5) is 23.8. The van der Waals surface area contributed by atoms with Gasteiger partial charge in [-0.1, -0.05) is 12.2 Å². The van der Waals surface area contributed by atoms with Crippen molar-refractivity contribution in [3.63, 3.8) is 0 Å². The predicted molar refractivity (Wildman–Crippen MR) is 80.6 cm³/mol. The van der Waals surface area contributed by atoms with Crippen molar-refractivity contribution in [1.82, 2.24) is 0 Å². The molecule has 0 saturated carbocycles. The molecule has 1 aromatic carbocycles. The molecular formula is C11H13BrN4O2S. The normalized spacial score (nSPS) is 9.95. The third kappa shape index (κ3) is 4.49. The maximum atomic E-state index is 11.0. The Bertz CT molecular complexity index is 519. The van der Waals surface area contributed by atoms with Gasteiger partial charge in [0.2, 0.25) is 11.8 Å². The summed E-state index contributed by atoms with van der Waals surface area (Å²) in [5, 5.41) is 0. The first-order chi connectivity index (χ1) is 8.81. The van der Waals surface area contributed by atoms with Crippen molar-refractivity contribution in [3.8, 4) is 0 Å². The first-order valence-electron chi connectivity index (χ1n) is 5.22. The smallest absolute Gasteiger partial charge is 0.236 e. The van der Waals surface area contributed by atoms with Crippen LogP contribution in [0.5, 0.6) is 0 Å². The number of primary amides is 2. The molecule has 0 radical (unpaired) electrons. The quantitative estimate of drug-likeness (QED) is 0.621. The summed E-state index contributed by atoms with van der Waals surface area (Å²) in [6.07, 6.45) is 0. The molecule has 0 atom stereocenters. The molecule has 0 spiro atoms.